The van der Waals surface area contributed by atoms with Gasteiger partial charge in [-0.05, 0) is 30.6 Å². The maximum Gasteiger partial charge on any atom is 0.153 e. The van der Waals surface area contributed by atoms with E-state index < -0.39 is 5.50 Å². The second-order valence-electron chi connectivity index (χ2n) is 5.81. The Balaban J connectivity index is 2.07. The lowest BCUT2D eigenvalue weighted by Crippen LogP contribution is -2.62. The largest absolute Gasteiger partial charge is 0.399 e. The van der Waals surface area contributed by atoms with Crippen molar-refractivity contribution >= 4 is 7.28 Å². The van der Waals surface area contributed by atoms with E-state index in [4.69, 9.17) is 0 Å². The zero-order chi connectivity index (χ0) is 11.3. The van der Waals surface area contributed by atoms with Gasteiger partial charge in [0.15, 0.2) is 7.28 Å². The van der Waals surface area contributed by atoms with Gasteiger partial charge in [-0.25, -0.2) is 0 Å². The normalized spacial score (nSPS) is 41.8. The van der Waals surface area contributed by atoms with E-state index in [0.717, 1.165) is 19.2 Å². The Bertz CT molecular complexity index is 295. The Hall–Kier alpha value is -0.235. The van der Waals surface area contributed by atoms with Crippen LogP contribution in [0.1, 0.15) is 40.5 Å². The maximum atomic E-state index is 10.6. The number of hydrogen-bond acceptors (Lipinski definition) is 1. The molecule has 15 heavy (non-hydrogen) atoms. The first-order valence-corrected chi connectivity index (χ1v) is 6.19. The summed E-state index contributed by atoms with van der Waals surface area (Å²) in [6.45, 7) is 8.66. The van der Waals surface area contributed by atoms with E-state index in [2.05, 4.69) is 34.1 Å². The molecule has 1 N–H and O–H groups in total. The van der Waals surface area contributed by atoms with Crippen molar-refractivity contribution in [3.8, 4) is 0 Å². The molecule has 1 fully saturated rings. The second-order valence-corrected chi connectivity index (χ2v) is 5.81. The van der Waals surface area contributed by atoms with Crippen molar-refractivity contribution in [3.63, 3.8) is 0 Å². The first kappa shape index (κ1) is 11.3. The van der Waals surface area contributed by atoms with Gasteiger partial charge in [-0.2, -0.15) is 0 Å². The van der Waals surface area contributed by atoms with Crippen LogP contribution in [0, 0.1) is 17.3 Å². The van der Waals surface area contributed by atoms with Gasteiger partial charge in [-0.3, -0.25) is 0 Å². The van der Waals surface area contributed by atoms with Crippen molar-refractivity contribution in [2.24, 2.45) is 17.3 Å². The third-order valence-electron chi connectivity index (χ3n) is 4.65. The van der Waals surface area contributed by atoms with Crippen LogP contribution in [0.3, 0.4) is 0 Å². The number of fused-ring (bicyclic) bond motifs is 1. The smallest absolute Gasteiger partial charge is 0.153 e. The van der Waals surface area contributed by atoms with Gasteiger partial charge in [-0.1, -0.05) is 45.2 Å². The van der Waals surface area contributed by atoms with Gasteiger partial charge in [0.1, 0.15) is 0 Å². The van der Waals surface area contributed by atoms with Crippen molar-refractivity contribution < 1.29 is 5.11 Å². The molecule has 1 nitrogen and oxygen atoms in total. The first-order valence-electron chi connectivity index (χ1n) is 6.19. The Kier molecular flexibility index (Phi) is 2.54. The number of hydrogen-bond donors (Lipinski definition) is 1. The van der Waals surface area contributed by atoms with Crippen molar-refractivity contribution in [1.29, 1.82) is 0 Å². The molecule has 0 aromatic carbocycles. The lowest BCUT2D eigenvalue weighted by Gasteiger charge is -2.63. The summed E-state index contributed by atoms with van der Waals surface area (Å²) in [5.41, 5.74) is 1.07. The monoisotopic (exact) mass is 205 g/mol. The van der Waals surface area contributed by atoms with Crippen LogP contribution in [0.15, 0.2) is 11.6 Å². The molecule has 2 rings (SSSR count). The zero-order valence-electron chi connectivity index (χ0n) is 10.4. The van der Waals surface area contributed by atoms with Crippen LogP contribution in [0.5, 0.6) is 0 Å². The standard InChI is InChI=1S/C13H22BO/c1-5-6-14-13(4,15)12(3)8-10-7-9(2)11(10)12/h7,9,11,15H,5-6,8H2,1-4H3. The average Bonchev–Trinajstić information content (AvgIpc) is 2.12. The molecule has 0 aromatic rings. The van der Waals surface area contributed by atoms with E-state index in [-0.39, 0.29) is 5.41 Å². The zero-order valence-corrected chi connectivity index (χ0v) is 10.4. The highest BCUT2D eigenvalue weighted by Gasteiger charge is 2.60. The molecule has 83 valence electrons. The van der Waals surface area contributed by atoms with Gasteiger partial charge >= 0.3 is 0 Å². The fourth-order valence-corrected chi connectivity index (χ4v) is 3.47. The van der Waals surface area contributed by atoms with Crippen LogP contribution < -0.4 is 0 Å². The van der Waals surface area contributed by atoms with E-state index in [9.17, 15) is 5.11 Å². The van der Waals surface area contributed by atoms with Crippen molar-refractivity contribution in [2.75, 3.05) is 0 Å². The lowest BCUT2D eigenvalue weighted by atomic mass is 9.35. The Morgan fingerprint density at radius 3 is 2.80 bits per heavy atom. The summed E-state index contributed by atoms with van der Waals surface area (Å²) in [5.74, 6) is 1.31. The number of rotatable bonds is 4. The highest BCUT2D eigenvalue weighted by molar-refractivity contribution is 6.39. The molecule has 0 aliphatic heterocycles. The summed E-state index contributed by atoms with van der Waals surface area (Å²) in [6, 6.07) is 0. The van der Waals surface area contributed by atoms with E-state index in [1.807, 2.05) is 6.92 Å². The SMILES string of the molecule is CCC[B]C(C)(O)C1(C)CC2=CC(C)C21. The highest BCUT2D eigenvalue weighted by Crippen LogP contribution is 2.64. The molecule has 0 aromatic heterocycles. The van der Waals surface area contributed by atoms with Crippen molar-refractivity contribution in [1.82, 2.24) is 0 Å². The minimum atomic E-state index is -0.598. The van der Waals surface area contributed by atoms with Gasteiger partial charge in [0, 0.05) is 5.50 Å². The van der Waals surface area contributed by atoms with Crippen molar-refractivity contribution in [3.05, 3.63) is 11.6 Å². The predicted molar refractivity (Wildman–Crippen MR) is 64.9 cm³/mol. The van der Waals surface area contributed by atoms with Crippen LogP contribution in [-0.2, 0) is 0 Å². The summed E-state index contributed by atoms with van der Waals surface area (Å²) in [7, 11) is 2.12. The quantitative estimate of drug-likeness (QED) is 0.552. The molecule has 4 unspecified atom stereocenters. The molecule has 0 spiro atoms. The van der Waals surface area contributed by atoms with Gasteiger partial charge in [0.25, 0.3) is 0 Å². The minimum Gasteiger partial charge on any atom is -0.399 e. The molecule has 0 bridgehead atoms. The molecule has 2 heteroatoms. The average molecular weight is 205 g/mol. The molecule has 1 radical (unpaired) electrons. The summed E-state index contributed by atoms with van der Waals surface area (Å²) in [5, 5.41) is 10.6. The molecular weight excluding hydrogens is 183 g/mol. The third-order valence-corrected chi connectivity index (χ3v) is 4.65. The van der Waals surface area contributed by atoms with Crippen LogP contribution in [-0.4, -0.2) is 17.9 Å². The summed E-state index contributed by atoms with van der Waals surface area (Å²) in [4.78, 5) is 0. The van der Waals surface area contributed by atoms with Crippen LogP contribution in [0.25, 0.3) is 0 Å². The van der Waals surface area contributed by atoms with Gasteiger partial charge < -0.3 is 5.11 Å². The summed E-state index contributed by atoms with van der Waals surface area (Å²) < 4.78 is 0. The minimum absolute atomic E-state index is 0.0890. The molecule has 0 heterocycles. The summed E-state index contributed by atoms with van der Waals surface area (Å²) >= 11 is 0. The van der Waals surface area contributed by atoms with Crippen LogP contribution >= 0.6 is 0 Å². The molecule has 4 atom stereocenters. The topological polar surface area (TPSA) is 20.2 Å². The van der Waals surface area contributed by atoms with Crippen LogP contribution in [0.4, 0.5) is 0 Å². The fourth-order valence-electron chi connectivity index (χ4n) is 3.47. The molecule has 0 saturated heterocycles. The van der Waals surface area contributed by atoms with Gasteiger partial charge in [0.2, 0.25) is 0 Å². The first-order chi connectivity index (χ1) is 6.92. The van der Waals surface area contributed by atoms with E-state index in [1.165, 1.54) is 0 Å². The molecule has 0 amide bonds. The lowest BCUT2D eigenvalue weighted by molar-refractivity contribution is -0.0840. The van der Waals surface area contributed by atoms with Gasteiger partial charge in [0.05, 0.1) is 0 Å². The van der Waals surface area contributed by atoms with Crippen molar-refractivity contribution in [2.45, 2.75) is 52.4 Å². The van der Waals surface area contributed by atoms with Crippen LogP contribution in [0.2, 0.25) is 6.32 Å². The fraction of sp³-hybridized carbons (Fsp3) is 0.846. The molecular formula is C13H22BO. The number of aliphatic hydroxyl groups is 1. The Morgan fingerprint density at radius 2 is 2.33 bits per heavy atom. The van der Waals surface area contributed by atoms with Gasteiger partial charge in [-0.15, -0.1) is 0 Å². The maximum absolute atomic E-state index is 10.6. The highest BCUT2D eigenvalue weighted by atomic mass is 16.3. The molecule has 2 aliphatic rings. The molecule has 1 saturated carbocycles. The van der Waals surface area contributed by atoms with E-state index in [1.54, 1.807) is 5.57 Å². The van der Waals surface area contributed by atoms with E-state index >= 15 is 0 Å². The molecule has 2 aliphatic carbocycles. The third kappa shape index (κ3) is 1.41. The summed E-state index contributed by atoms with van der Waals surface area (Å²) in [6.07, 6.45) is 5.59. The second kappa shape index (κ2) is 3.38. The predicted octanol–water partition coefficient (Wildman–Crippen LogP) is 2.83. The number of allylic oxidation sites excluding steroid dienone is 2. The Morgan fingerprint density at radius 1 is 1.67 bits per heavy atom. The Labute approximate surface area is 94.2 Å². The van der Waals surface area contributed by atoms with E-state index in [0.29, 0.717) is 11.8 Å².